The van der Waals surface area contributed by atoms with Gasteiger partial charge >= 0.3 is 0 Å². The summed E-state index contributed by atoms with van der Waals surface area (Å²) in [5.74, 6) is 4.12. The third-order valence-electron chi connectivity index (χ3n) is 6.19. The number of hydrogen-bond acceptors (Lipinski definition) is 2. The summed E-state index contributed by atoms with van der Waals surface area (Å²) < 4.78 is 0. The zero-order chi connectivity index (χ0) is 11.4. The average molecular weight is 235 g/mol. The molecule has 2 nitrogen and oxygen atoms in total. The van der Waals surface area contributed by atoms with Crippen LogP contribution in [-0.2, 0) is 0 Å². The van der Waals surface area contributed by atoms with Crippen LogP contribution in [0.1, 0.15) is 44.9 Å². The Balaban J connectivity index is 1.57. The van der Waals surface area contributed by atoms with Gasteiger partial charge in [0, 0.05) is 12.1 Å². The molecule has 1 atom stereocenters. The first-order valence-corrected chi connectivity index (χ1v) is 7.71. The molecule has 4 saturated carbocycles. The number of aliphatic hydroxyl groups excluding tert-OH is 1. The van der Waals surface area contributed by atoms with Crippen molar-refractivity contribution >= 4 is 0 Å². The summed E-state index contributed by atoms with van der Waals surface area (Å²) in [5, 5.41) is 9.55. The first kappa shape index (κ1) is 10.8. The standard InChI is InChI=1S/C15H25NO/c17-9-14-2-1-3-16(14)15-12-5-10-4-11(7-12)8-13(15)6-10/h10-15,17H,1-9H2. The highest BCUT2D eigenvalue weighted by Gasteiger charge is 2.51. The number of likely N-dealkylation sites (tertiary alicyclic amines) is 1. The van der Waals surface area contributed by atoms with Gasteiger partial charge in [-0.15, -0.1) is 0 Å². The van der Waals surface area contributed by atoms with Crippen molar-refractivity contribution < 1.29 is 5.11 Å². The van der Waals surface area contributed by atoms with Crippen molar-refractivity contribution in [2.24, 2.45) is 23.7 Å². The fraction of sp³-hybridized carbons (Fsp3) is 1.00. The quantitative estimate of drug-likeness (QED) is 0.793. The van der Waals surface area contributed by atoms with Crippen LogP contribution >= 0.6 is 0 Å². The molecule has 0 aromatic heterocycles. The predicted octanol–water partition coefficient (Wildman–Crippen LogP) is 2.27. The van der Waals surface area contributed by atoms with Crippen molar-refractivity contribution in [2.45, 2.75) is 57.0 Å². The summed E-state index contributed by atoms with van der Waals surface area (Å²) in [7, 11) is 0. The molecule has 5 fully saturated rings. The van der Waals surface area contributed by atoms with Gasteiger partial charge < -0.3 is 5.11 Å². The van der Waals surface area contributed by atoms with Crippen LogP contribution in [0.2, 0.25) is 0 Å². The van der Waals surface area contributed by atoms with Crippen LogP contribution < -0.4 is 0 Å². The topological polar surface area (TPSA) is 23.5 Å². The van der Waals surface area contributed by atoms with Crippen molar-refractivity contribution in [2.75, 3.05) is 13.2 Å². The molecule has 1 aliphatic heterocycles. The van der Waals surface area contributed by atoms with E-state index in [2.05, 4.69) is 4.90 Å². The number of rotatable bonds is 2. The van der Waals surface area contributed by atoms with Gasteiger partial charge in [0.1, 0.15) is 0 Å². The van der Waals surface area contributed by atoms with Crippen molar-refractivity contribution in [1.29, 1.82) is 0 Å². The van der Waals surface area contributed by atoms with Gasteiger partial charge in [-0.25, -0.2) is 0 Å². The molecule has 5 rings (SSSR count). The van der Waals surface area contributed by atoms with Crippen molar-refractivity contribution in [3.8, 4) is 0 Å². The minimum Gasteiger partial charge on any atom is -0.395 e. The van der Waals surface area contributed by atoms with Crippen LogP contribution in [-0.4, -0.2) is 35.2 Å². The Labute approximate surface area is 104 Å². The summed E-state index contributed by atoms with van der Waals surface area (Å²) >= 11 is 0. The molecule has 0 aromatic rings. The van der Waals surface area contributed by atoms with E-state index >= 15 is 0 Å². The Morgan fingerprint density at radius 2 is 1.59 bits per heavy atom. The molecule has 1 heterocycles. The Bertz CT molecular complexity index is 275. The maximum atomic E-state index is 9.55. The molecule has 17 heavy (non-hydrogen) atoms. The minimum atomic E-state index is 0.392. The first-order valence-electron chi connectivity index (χ1n) is 7.71. The summed E-state index contributed by atoms with van der Waals surface area (Å²) in [4.78, 5) is 2.72. The summed E-state index contributed by atoms with van der Waals surface area (Å²) in [6.45, 7) is 1.65. The zero-order valence-corrected chi connectivity index (χ0v) is 10.7. The summed E-state index contributed by atoms with van der Waals surface area (Å²) in [6.07, 6.45) is 10.1. The van der Waals surface area contributed by atoms with Crippen molar-refractivity contribution in [3.05, 3.63) is 0 Å². The van der Waals surface area contributed by atoms with Crippen LogP contribution in [0.15, 0.2) is 0 Å². The molecule has 0 spiro atoms. The Morgan fingerprint density at radius 1 is 0.941 bits per heavy atom. The lowest BCUT2D eigenvalue weighted by atomic mass is 9.54. The highest BCUT2D eigenvalue weighted by Crippen LogP contribution is 2.55. The molecule has 0 amide bonds. The maximum absolute atomic E-state index is 9.55. The molecule has 1 N–H and O–H groups in total. The second kappa shape index (κ2) is 3.96. The highest BCUT2D eigenvalue weighted by atomic mass is 16.3. The van der Waals surface area contributed by atoms with E-state index < -0.39 is 0 Å². The normalized spacial score (nSPS) is 53.5. The second-order valence-corrected chi connectivity index (χ2v) is 7.14. The fourth-order valence-electron chi connectivity index (χ4n) is 5.88. The lowest BCUT2D eigenvalue weighted by Crippen LogP contribution is -2.57. The number of aliphatic hydroxyl groups is 1. The third kappa shape index (κ3) is 1.60. The summed E-state index contributed by atoms with van der Waals surface area (Å²) in [5.41, 5.74) is 0. The monoisotopic (exact) mass is 235 g/mol. The van der Waals surface area contributed by atoms with Gasteiger partial charge in [0.05, 0.1) is 6.61 Å². The molecule has 0 aromatic carbocycles. The van der Waals surface area contributed by atoms with Gasteiger partial charge in [-0.2, -0.15) is 0 Å². The number of nitrogens with zero attached hydrogens (tertiary/aromatic N) is 1. The van der Waals surface area contributed by atoms with Crippen molar-refractivity contribution in [1.82, 2.24) is 4.90 Å². The number of hydrogen-bond donors (Lipinski definition) is 1. The molecule has 5 aliphatic rings. The fourth-order valence-corrected chi connectivity index (χ4v) is 5.88. The van der Waals surface area contributed by atoms with Crippen LogP contribution in [0.5, 0.6) is 0 Å². The van der Waals surface area contributed by atoms with E-state index in [4.69, 9.17) is 0 Å². The molecular weight excluding hydrogens is 210 g/mol. The SMILES string of the molecule is OCC1CCCN1C1C2CC3CC(C2)CC1C3. The van der Waals surface area contributed by atoms with E-state index in [-0.39, 0.29) is 0 Å². The largest absolute Gasteiger partial charge is 0.395 e. The zero-order valence-electron chi connectivity index (χ0n) is 10.7. The molecule has 0 radical (unpaired) electrons. The lowest BCUT2D eigenvalue weighted by Gasteiger charge is -2.57. The Kier molecular flexibility index (Phi) is 2.52. The van der Waals surface area contributed by atoms with Gasteiger partial charge in [0.25, 0.3) is 0 Å². The summed E-state index contributed by atoms with van der Waals surface area (Å²) in [6, 6.07) is 1.35. The molecule has 96 valence electrons. The second-order valence-electron chi connectivity index (χ2n) is 7.14. The Morgan fingerprint density at radius 3 is 2.18 bits per heavy atom. The van der Waals surface area contributed by atoms with Gasteiger partial charge in [-0.05, 0) is 75.2 Å². The van der Waals surface area contributed by atoms with Gasteiger partial charge in [0.15, 0.2) is 0 Å². The smallest absolute Gasteiger partial charge is 0.0586 e. The molecule has 4 aliphatic carbocycles. The predicted molar refractivity (Wildman–Crippen MR) is 67.6 cm³/mol. The van der Waals surface area contributed by atoms with Crippen molar-refractivity contribution in [3.63, 3.8) is 0 Å². The van der Waals surface area contributed by atoms with E-state index in [1.807, 2.05) is 0 Å². The molecule has 2 heteroatoms. The van der Waals surface area contributed by atoms with E-state index in [1.165, 1.54) is 45.1 Å². The molecule has 1 unspecified atom stereocenters. The van der Waals surface area contributed by atoms with E-state index in [9.17, 15) is 5.11 Å². The Hall–Kier alpha value is -0.0800. The van der Waals surface area contributed by atoms with E-state index in [1.54, 1.807) is 6.42 Å². The highest BCUT2D eigenvalue weighted by molar-refractivity contribution is 5.04. The molecular formula is C15H25NO. The molecule has 1 saturated heterocycles. The van der Waals surface area contributed by atoms with Gasteiger partial charge in [0.2, 0.25) is 0 Å². The lowest BCUT2D eigenvalue weighted by molar-refractivity contribution is -0.0739. The average Bonchev–Trinajstić information content (AvgIpc) is 2.75. The molecule has 4 bridgehead atoms. The maximum Gasteiger partial charge on any atom is 0.0586 e. The van der Waals surface area contributed by atoms with Gasteiger partial charge in [-0.1, -0.05) is 0 Å². The van der Waals surface area contributed by atoms with E-state index in [0.29, 0.717) is 12.6 Å². The van der Waals surface area contributed by atoms with Crippen LogP contribution in [0.25, 0.3) is 0 Å². The first-order chi connectivity index (χ1) is 8.35. The van der Waals surface area contributed by atoms with Crippen LogP contribution in [0.4, 0.5) is 0 Å². The third-order valence-corrected chi connectivity index (χ3v) is 6.19. The minimum absolute atomic E-state index is 0.392. The van der Waals surface area contributed by atoms with E-state index in [0.717, 1.165) is 29.7 Å². The van der Waals surface area contributed by atoms with Gasteiger partial charge in [-0.3, -0.25) is 4.90 Å². The van der Waals surface area contributed by atoms with Crippen LogP contribution in [0, 0.1) is 23.7 Å². The van der Waals surface area contributed by atoms with Crippen LogP contribution in [0.3, 0.4) is 0 Å².